The van der Waals surface area contributed by atoms with Gasteiger partial charge in [0.25, 0.3) is 0 Å². The molecule has 2 saturated heterocycles. The summed E-state index contributed by atoms with van der Waals surface area (Å²) in [6, 6.07) is 21.9. The molecule has 1 unspecified atom stereocenters. The third-order valence-corrected chi connectivity index (χ3v) is 8.74. The van der Waals surface area contributed by atoms with Crippen LogP contribution < -0.4 is 10.5 Å². The van der Waals surface area contributed by atoms with Crippen LogP contribution in [0.1, 0.15) is 30.4 Å². The van der Waals surface area contributed by atoms with E-state index in [1.165, 1.54) is 36.1 Å². The molecule has 0 spiro atoms. The highest BCUT2D eigenvalue weighted by molar-refractivity contribution is 6.31. The summed E-state index contributed by atoms with van der Waals surface area (Å²) in [6.45, 7) is 5.14. The molecule has 2 bridgehead atoms. The van der Waals surface area contributed by atoms with Crippen molar-refractivity contribution in [3.05, 3.63) is 89.1 Å². The number of rotatable bonds is 9. The van der Waals surface area contributed by atoms with Gasteiger partial charge >= 0.3 is 6.36 Å². The number of ether oxygens (including phenoxy) is 1. The van der Waals surface area contributed by atoms with E-state index >= 15 is 0 Å². The number of halogens is 4. The van der Waals surface area contributed by atoms with Crippen molar-refractivity contribution in [2.24, 2.45) is 5.73 Å². The number of hydrogen-bond acceptors (Lipinski definition) is 4. The fraction of sp³-hybridized carbons (Fsp3) is 0.375. The minimum atomic E-state index is -4.71. The summed E-state index contributed by atoms with van der Waals surface area (Å²) in [5, 5.41) is 1.92. The first-order valence-corrected chi connectivity index (χ1v) is 14.5. The maximum absolute atomic E-state index is 12.7. The smallest absolute Gasteiger partial charge is 0.406 e. The van der Waals surface area contributed by atoms with E-state index in [4.69, 9.17) is 17.3 Å². The standard InChI is InChI=1S/C32H34ClF3N4O/c33-30-5-2-1-4-24(30)18-40-25-9-10-26(40)20-38(19-25)17-22-6-13-31-28(16-22)29(21-39(31)15-3-14-37)23-7-11-27(12-8-23)41-32(34,35)36/h1-2,4-8,11-13,16,21,25-26H,3,9-10,14-15,17-20,37H2/t25-,26?/m0/s1. The van der Waals surface area contributed by atoms with Crippen LogP contribution in [0.3, 0.4) is 0 Å². The van der Waals surface area contributed by atoms with E-state index in [-0.39, 0.29) is 5.75 Å². The zero-order chi connectivity index (χ0) is 28.6. The lowest BCUT2D eigenvalue weighted by Crippen LogP contribution is -2.52. The van der Waals surface area contributed by atoms with Crippen LogP contribution in [0.4, 0.5) is 13.2 Å². The van der Waals surface area contributed by atoms with Gasteiger partial charge in [0.05, 0.1) is 0 Å². The number of nitrogens with two attached hydrogens (primary N) is 1. The molecule has 5 nitrogen and oxygen atoms in total. The van der Waals surface area contributed by atoms with Gasteiger partial charge in [-0.05, 0) is 72.8 Å². The van der Waals surface area contributed by atoms with Crippen molar-refractivity contribution in [1.29, 1.82) is 0 Å². The van der Waals surface area contributed by atoms with E-state index in [2.05, 4.69) is 55.6 Å². The summed E-state index contributed by atoms with van der Waals surface area (Å²) in [5.41, 5.74) is 11.1. The van der Waals surface area contributed by atoms with Crippen LogP contribution in [0.5, 0.6) is 5.75 Å². The van der Waals surface area contributed by atoms with Crippen molar-refractivity contribution in [2.75, 3.05) is 19.6 Å². The topological polar surface area (TPSA) is 46.7 Å². The fourth-order valence-corrected chi connectivity index (χ4v) is 6.70. The van der Waals surface area contributed by atoms with E-state index < -0.39 is 6.36 Å². The van der Waals surface area contributed by atoms with E-state index in [1.54, 1.807) is 12.1 Å². The maximum Gasteiger partial charge on any atom is 0.573 e. The summed E-state index contributed by atoms with van der Waals surface area (Å²) in [7, 11) is 0. The van der Waals surface area contributed by atoms with Gasteiger partial charge in [-0.1, -0.05) is 48.0 Å². The summed E-state index contributed by atoms with van der Waals surface area (Å²) in [6.07, 6.45) is 0.607. The molecule has 3 aromatic carbocycles. The zero-order valence-electron chi connectivity index (χ0n) is 22.8. The van der Waals surface area contributed by atoms with E-state index in [1.807, 2.05) is 12.1 Å². The Labute approximate surface area is 243 Å². The molecule has 9 heteroatoms. The molecule has 2 N–H and O–H groups in total. The van der Waals surface area contributed by atoms with Crippen LogP contribution in [0, 0.1) is 0 Å². The lowest BCUT2D eigenvalue weighted by atomic mass is 10.0. The minimum absolute atomic E-state index is 0.225. The van der Waals surface area contributed by atoms with Crippen LogP contribution >= 0.6 is 11.6 Å². The molecule has 41 heavy (non-hydrogen) atoms. The Kier molecular flexibility index (Phi) is 8.01. The number of nitrogens with zero attached hydrogens (tertiary/aromatic N) is 3. The molecule has 4 aromatic rings. The van der Waals surface area contributed by atoms with E-state index in [0.29, 0.717) is 18.6 Å². The van der Waals surface area contributed by atoms with Crippen molar-refractivity contribution >= 4 is 22.5 Å². The average molecular weight is 583 g/mol. The molecule has 2 aliphatic rings. The second kappa shape index (κ2) is 11.7. The minimum Gasteiger partial charge on any atom is -0.406 e. The molecule has 3 heterocycles. The molecule has 6 rings (SSSR count). The van der Waals surface area contributed by atoms with Crippen molar-refractivity contribution in [3.63, 3.8) is 0 Å². The number of aromatic nitrogens is 1. The van der Waals surface area contributed by atoms with Gasteiger partial charge in [0, 0.05) is 72.5 Å². The second-order valence-electron chi connectivity index (χ2n) is 11.1. The lowest BCUT2D eigenvalue weighted by Gasteiger charge is -2.41. The van der Waals surface area contributed by atoms with Gasteiger partial charge in [0.2, 0.25) is 0 Å². The number of aryl methyl sites for hydroxylation is 1. The molecule has 216 valence electrons. The summed E-state index contributed by atoms with van der Waals surface area (Å²) >= 11 is 6.47. The Bertz CT molecular complexity index is 1490. The number of likely N-dealkylation sites (tertiary alicyclic amines) is 1. The summed E-state index contributed by atoms with van der Waals surface area (Å²) < 4.78 is 44.3. The third-order valence-electron chi connectivity index (χ3n) is 8.37. The second-order valence-corrected chi connectivity index (χ2v) is 11.6. The van der Waals surface area contributed by atoms with Gasteiger partial charge in [0.15, 0.2) is 0 Å². The molecular weight excluding hydrogens is 549 g/mol. The number of benzene rings is 3. The largest absolute Gasteiger partial charge is 0.573 e. The monoisotopic (exact) mass is 582 g/mol. The van der Waals surface area contributed by atoms with Gasteiger partial charge < -0.3 is 15.0 Å². The highest BCUT2D eigenvalue weighted by Crippen LogP contribution is 2.36. The zero-order valence-corrected chi connectivity index (χ0v) is 23.5. The van der Waals surface area contributed by atoms with Gasteiger partial charge in [-0.2, -0.15) is 0 Å². The number of piperazine rings is 1. The Balaban J connectivity index is 1.22. The molecule has 0 amide bonds. The Hall–Kier alpha value is -3.04. The Morgan fingerprint density at radius 1 is 0.927 bits per heavy atom. The first-order valence-electron chi connectivity index (χ1n) is 14.2. The first kappa shape index (κ1) is 28.1. The number of alkyl halides is 3. The molecule has 0 radical (unpaired) electrons. The molecule has 0 saturated carbocycles. The fourth-order valence-electron chi connectivity index (χ4n) is 6.50. The van der Waals surface area contributed by atoms with Crippen molar-refractivity contribution in [1.82, 2.24) is 14.4 Å². The molecule has 2 fully saturated rings. The summed E-state index contributed by atoms with van der Waals surface area (Å²) in [4.78, 5) is 5.18. The quantitative estimate of drug-likeness (QED) is 0.230. The maximum atomic E-state index is 12.7. The number of fused-ring (bicyclic) bond motifs is 3. The highest BCUT2D eigenvalue weighted by Gasteiger charge is 2.39. The Morgan fingerprint density at radius 3 is 2.34 bits per heavy atom. The third kappa shape index (κ3) is 6.26. The van der Waals surface area contributed by atoms with Crippen LogP contribution in [0.25, 0.3) is 22.0 Å². The molecule has 0 aliphatic carbocycles. The van der Waals surface area contributed by atoms with Crippen molar-refractivity contribution in [3.8, 4) is 16.9 Å². The van der Waals surface area contributed by atoms with Crippen LogP contribution in [-0.2, 0) is 19.6 Å². The summed E-state index contributed by atoms with van der Waals surface area (Å²) in [5.74, 6) is -0.225. The van der Waals surface area contributed by atoms with Crippen LogP contribution in [0.15, 0.2) is 72.9 Å². The molecule has 2 aliphatic heterocycles. The van der Waals surface area contributed by atoms with Crippen molar-refractivity contribution in [2.45, 2.75) is 57.3 Å². The van der Waals surface area contributed by atoms with Crippen LogP contribution in [-0.4, -0.2) is 52.4 Å². The van der Waals surface area contributed by atoms with Gasteiger partial charge in [-0.25, -0.2) is 0 Å². The molecular formula is C32H34ClF3N4O. The molecule has 1 aromatic heterocycles. The molecule has 2 atom stereocenters. The van der Waals surface area contributed by atoms with Gasteiger partial charge in [-0.15, -0.1) is 13.2 Å². The predicted octanol–water partition coefficient (Wildman–Crippen LogP) is 7.06. The Morgan fingerprint density at radius 2 is 1.66 bits per heavy atom. The van der Waals surface area contributed by atoms with Crippen LogP contribution in [0.2, 0.25) is 5.02 Å². The normalized spacial score (nSPS) is 19.7. The van der Waals surface area contributed by atoms with Crippen molar-refractivity contribution < 1.29 is 17.9 Å². The van der Waals surface area contributed by atoms with E-state index in [0.717, 1.165) is 66.2 Å². The van der Waals surface area contributed by atoms with Gasteiger partial charge in [-0.3, -0.25) is 9.80 Å². The highest BCUT2D eigenvalue weighted by atomic mass is 35.5. The SMILES string of the molecule is NCCCn1cc(-c2ccc(OC(F)(F)F)cc2)c2cc(CN3CC4CC[C@@H](C3)N4Cc3ccccc3Cl)ccc21. The first-order chi connectivity index (χ1) is 19.8. The number of hydrogen-bond donors (Lipinski definition) is 1. The van der Waals surface area contributed by atoms with Gasteiger partial charge in [0.1, 0.15) is 5.75 Å². The predicted molar refractivity (Wildman–Crippen MR) is 157 cm³/mol. The lowest BCUT2D eigenvalue weighted by molar-refractivity contribution is -0.274. The van der Waals surface area contributed by atoms with E-state index in [9.17, 15) is 13.2 Å². The average Bonchev–Trinajstić information content (AvgIpc) is 3.40.